The van der Waals surface area contributed by atoms with Gasteiger partial charge in [0.05, 0.1) is 0 Å². The Hall–Kier alpha value is -3.26. The number of carbonyl (C=O) groups excluding carboxylic acids is 2. The maximum absolute atomic E-state index is 13.1. The molecule has 7 heteroatoms. The lowest BCUT2D eigenvalue weighted by atomic mass is 9.86. The van der Waals surface area contributed by atoms with Gasteiger partial charge in [-0.1, -0.05) is 63.2 Å². The zero-order valence-electron chi connectivity index (χ0n) is 22.5. The maximum Gasteiger partial charge on any atom is 0.261 e. The van der Waals surface area contributed by atoms with E-state index in [1.165, 1.54) is 4.90 Å². The summed E-state index contributed by atoms with van der Waals surface area (Å²) >= 11 is 0. The number of rotatable bonds is 8. The van der Waals surface area contributed by atoms with Crippen molar-refractivity contribution in [1.29, 1.82) is 0 Å². The summed E-state index contributed by atoms with van der Waals surface area (Å²) in [5, 5.41) is 12.3. The van der Waals surface area contributed by atoms with Gasteiger partial charge in [0.15, 0.2) is 0 Å². The third-order valence-corrected chi connectivity index (χ3v) is 7.56. The second kappa shape index (κ2) is 10.8. The van der Waals surface area contributed by atoms with E-state index in [1.54, 1.807) is 0 Å². The van der Waals surface area contributed by atoms with E-state index in [4.69, 9.17) is 4.74 Å². The van der Waals surface area contributed by atoms with Gasteiger partial charge >= 0.3 is 0 Å². The number of nitrogens with zero attached hydrogens (tertiary/aromatic N) is 3. The van der Waals surface area contributed by atoms with Gasteiger partial charge in [-0.25, -0.2) is 0 Å². The molecule has 3 aromatic rings. The molecule has 0 bridgehead atoms. The van der Waals surface area contributed by atoms with Crippen LogP contribution in [0.25, 0.3) is 10.8 Å². The minimum atomic E-state index is -0.582. The molecule has 7 nitrogen and oxygen atoms in total. The summed E-state index contributed by atoms with van der Waals surface area (Å²) in [5.41, 5.74) is 2.30. The summed E-state index contributed by atoms with van der Waals surface area (Å²) in [6, 6.07) is 19.2. The second-order valence-corrected chi connectivity index (χ2v) is 11.3. The number of ether oxygens (including phenoxy) is 1. The topological polar surface area (TPSA) is 73.3 Å². The first-order valence-corrected chi connectivity index (χ1v) is 13.5. The van der Waals surface area contributed by atoms with Gasteiger partial charge in [0.25, 0.3) is 11.8 Å². The molecule has 2 aliphatic heterocycles. The fraction of sp³-hybridized carbons (Fsp3) is 0.419. The van der Waals surface area contributed by atoms with Crippen LogP contribution >= 0.6 is 0 Å². The molecule has 1 unspecified atom stereocenters. The number of hydrogen-bond acceptors (Lipinski definition) is 6. The Morgan fingerprint density at radius 1 is 0.816 bits per heavy atom. The molecule has 2 aliphatic rings. The first-order valence-electron chi connectivity index (χ1n) is 13.5. The smallest absolute Gasteiger partial charge is 0.261 e. The number of hydrogen-bond donors (Lipinski definition) is 1. The second-order valence-electron chi connectivity index (χ2n) is 11.3. The summed E-state index contributed by atoms with van der Waals surface area (Å²) in [7, 11) is 0. The molecule has 5 rings (SSSR count). The van der Waals surface area contributed by atoms with Crippen molar-refractivity contribution in [3.63, 3.8) is 0 Å². The molecule has 2 amide bonds. The van der Waals surface area contributed by atoms with Crippen molar-refractivity contribution < 1.29 is 19.4 Å². The SMILES string of the molecule is CC(C)(C)c1ccccc1OCC(O)CN1CCN(CCN2C(=O)c3cccc4cccc(c34)C2=O)CC1. The molecule has 200 valence electrons. The predicted octanol–water partition coefficient (Wildman–Crippen LogP) is 3.79. The molecule has 1 fully saturated rings. The fourth-order valence-electron chi connectivity index (χ4n) is 5.47. The molecule has 0 radical (unpaired) electrons. The molecule has 1 atom stereocenters. The minimum Gasteiger partial charge on any atom is -0.491 e. The van der Waals surface area contributed by atoms with Crippen LogP contribution in [0.1, 0.15) is 47.1 Å². The lowest BCUT2D eigenvalue weighted by Crippen LogP contribution is -2.51. The highest BCUT2D eigenvalue weighted by molar-refractivity contribution is 6.25. The van der Waals surface area contributed by atoms with Crippen molar-refractivity contribution in [1.82, 2.24) is 14.7 Å². The van der Waals surface area contributed by atoms with Gasteiger partial charge in [-0.15, -0.1) is 0 Å². The summed E-state index contributed by atoms with van der Waals surface area (Å²) in [4.78, 5) is 32.2. The molecule has 2 heterocycles. The standard InChI is InChI=1S/C31H37N3O4/c1-31(2,3)26-12-4-5-13-27(26)38-21-23(35)20-33-16-14-32(15-17-33)18-19-34-29(36)24-10-6-8-22-9-7-11-25(28(22)24)30(34)37/h4-13,23,35H,14-21H2,1-3H3. The molecule has 0 saturated carbocycles. The summed E-state index contributed by atoms with van der Waals surface area (Å²) in [5.74, 6) is 0.396. The number of piperazine rings is 1. The molecular formula is C31H37N3O4. The Morgan fingerprint density at radius 3 is 2.05 bits per heavy atom. The molecule has 1 N–H and O–H groups in total. The van der Waals surface area contributed by atoms with Gasteiger partial charge in [0.2, 0.25) is 0 Å². The Labute approximate surface area is 224 Å². The number of benzene rings is 3. The molecule has 1 saturated heterocycles. The van der Waals surface area contributed by atoms with Crippen molar-refractivity contribution in [2.45, 2.75) is 32.3 Å². The maximum atomic E-state index is 13.1. The number of imide groups is 1. The van der Waals surface area contributed by atoms with Crippen LogP contribution in [0, 0.1) is 0 Å². The van der Waals surface area contributed by atoms with Crippen LogP contribution in [0.2, 0.25) is 0 Å². The lowest BCUT2D eigenvalue weighted by molar-refractivity contribution is 0.0413. The number of amides is 2. The molecule has 0 aromatic heterocycles. The largest absolute Gasteiger partial charge is 0.491 e. The van der Waals surface area contributed by atoms with Crippen LogP contribution in [-0.4, -0.2) is 90.1 Å². The van der Waals surface area contributed by atoms with Crippen molar-refractivity contribution in [3.05, 3.63) is 77.4 Å². The Morgan fingerprint density at radius 2 is 1.42 bits per heavy atom. The first kappa shape index (κ1) is 26.4. The Balaban J connectivity index is 1.10. The molecular weight excluding hydrogens is 478 g/mol. The van der Waals surface area contributed by atoms with Gasteiger partial charge in [-0.2, -0.15) is 0 Å². The number of para-hydroxylation sites is 1. The third-order valence-electron chi connectivity index (χ3n) is 7.56. The number of aliphatic hydroxyl groups is 1. The summed E-state index contributed by atoms with van der Waals surface area (Å²) in [6.45, 7) is 11.6. The molecule has 0 aliphatic carbocycles. The number of aliphatic hydroxyl groups excluding tert-OH is 1. The van der Waals surface area contributed by atoms with Gasteiger partial charge in [0, 0.05) is 62.3 Å². The van der Waals surface area contributed by atoms with E-state index in [1.807, 2.05) is 54.6 Å². The van der Waals surface area contributed by atoms with Crippen LogP contribution in [0.5, 0.6) is 5.75 Å². The molecule has 0 spiro atoms. The van der Waals surface area contributed by atoms with Crippen molar-refractivity contribution >= 4 is 22.6 Å². The summed E-state index contributed by atoms with van der Waals surface area (Å²) in [6.07, 6.45) is -0.582. The average Bonchev–Trinajstić information content (AvgIpc) is 2.91. The normalized spacial score (nSPS) is 17.7. The number of β-amino-alcohol motifs (C(OH)–C–C–N with tert-alkyl or cyclic N) is 1. The van der Waals surface area contributed by atoms with Crippen LogP contribution in [0.4, 0.5) is 0 Å². The van der Waals surface area contributed by atoms with E-state index in [0.717, 1.165) is 48.3 Å². The van der Waals surface area contributed by atoms with Gasteiger partial charge in [0.1, 0.15) is 18.5 Å². The third kappa shape index (κ3) is 5.46. The van der Waals surface area contributed by atoms with Gasteiger partial charge in [-0.05, 0) is 34.6 Å². The van der Waals surface area contributed by atoms with Gasteiger partial charge < -0.3 is 9.84 Å². The number of carbonyl (C=O) groups is 2. The molecule has 3 aromatic carbocycles. The van der Waals surface area contributed by atoms with Crippen LogP contribution < -0.4 is 4.74 Å². The predicted molar refractivity (Wildman–Crippen MR) is 149 cm³/mol. The minimum absolute atomic E-state index is 0.0297. The quantitative estimate of drug-likeness (QED) is 0.460. The Bertz CT molecular complexity index is 1270. The van der Waals surface area contributed by atoms with E-state index >= 15 is 0 Å². The van der Waals surface area contributed by atoms with E-state index < -0.39 is 6.10 Å². The lowest BCUT2D eigenvalue weighted by Gasteiger charge is -2.36. The zero-order chi connectivity index (χ0) is 26.9. The highest BCUT2D eigenvalue weighted by atomic mass is 16.5. The summed E-state index contributed by atoms with van der Waals surface area (Å²) < 4.78 is 6.00. The van der Waals surface area contributed by atoms with E-state index in [9.17, 15) is 14.7 Å². The van der Waals surface area contributed by atoms with E-state index in [0.29, 0.717) is 30.8 Å². The van der Waals surface area contributed by atoms with E-state index in [-0.39, 0.29) is 23.8 Å². The van der Waals surface area contributed by atoms with Crippen molar-refractivity contribution in [2.75, 3.05) is 52.4 Å². The fourth-order valence-corrected chi connectivity index (χ4v) is 5.47. The Kier molecular flexibility index (Phi) is 7.52. The average molecular weight is 516 g/mol. The van der Waals surface area contributed by atoms with Crippen LogP contribution in [0.15, 0.2) is 60.7 Å². The van der Waals surface area contributed by atoms with Crippen LogP contribution in [0.3, 0.4) is 0 Å². The highest BCUT2D eigenvalue weighted by Gasteiger charge is 2.33. The van der Waals surface area contributed by atoms with Gasteiger partial charge in [-0.3, -0.25) is 24.3 Å². The van der Waals surface area contributed by atoms with Crippen molar-refractivity contribution in [2.24, 2.45) is 0 Å². The highest BCUT2D eigenvalue weighted by Crippen LogP contribution is 2.31. The zero-order valence-corrected chi connectivity index (χ0v) is 22.5. The first-order chi connectivity index (χ1) is 18.2. The van der Waals surface area contributed by atoms with E-state index in [2.05, 4.69) is 36.6 Å². The molecule has 38 heavy (non-hydrogen) atoms. The van der Waals surface area contributed by atoms with Crippen LogP contribution in [-0.2, 0) is 5.41 Å². The monoisotopic (exact) mass is 515 g/mol. The van der Waals surface area contributed by atoms with Crippen molar-refractivity contribution in [3.8, 4) is 5.75 Å².